The van der Waals surface area contributed by atoms with E-state index < -0.39 is 0 Å². The second-order valence-electron chi connectivity index (χ2n) is 4.74. The summed E-state index contributed by atoms with van der Waals surface area (Å²) in [7, 11) is 0. The molecule has 0 heterocycles. The zero-order chi connectivity index (χ0) is 13.2. The van der Waals surface area contributed by atoms with Crippen molar-refractivity contribution in [3.05, 3.63) is 30.1 Å². The minimum Gasteiger partial charge on any atom is -0.394 e. The molecular formula is C15H24FNO. The van der Waals surface area contributed by atoms with Gasteiger partial charge in [0, 0.05) is 11.7 Å². The number of benzene rings is 1. The van der Waals surface area contributed by atoms with E-state index >= 15 is 0 Å². The summed E-state index contributed by atoms with van der Waals surface area (Å²) in [6.07, 6.45) is 7.01. The molecule has 2 nitrogen and oxygen atoms in total. The van der Waals surface area contributed by atoms with E-state index in [1.807, 2.05) is 6.07 Å². The van der Waals surface area contributed by atoms with Crippen LogP contribution in [-0.4, -0.2) is 17.8 Å². The Morgan fingerprint density at radius 3 is 2.67 bits per heavy atom. The number of halogens is 1. The second-order valence-corrected chi connectivity index (χ2v) is 4.74. The molecule has 1 aromatic rings. The van der Waals surface area contributed by atoms with Crippen molar-refractivity contribution in [2.24, 2.45) is 0 Å². The van der Waals surface area contributed by atoms with E-state index in [2.05, 4.69) is 12.2 Å². The van der Waals surface area contributed by atoms with Crippen LogP contribution in [0.3, 0.4) is 0 Å². The van der Waals surface area contributed by atoms with Crippen molar-refractivity contribution < 1.29 is 9.50 Å². The molecule has 0 aliphatic carbocycles. The van der Waals surface area contributed by atoms with Crippen LogP contribution in [0.5, 0.6) is 0 Å². The van der Waals surface area contributed by atoms with Crippen LogP contribution in [0.15, 0.2) is 24.3 Å². The quantitative estimate of drug-likeness (QED) is 0.653. The number of anilines is 1. The molecule has 2 N–H and O–H groups in total. The topological polar surface area (TPSA) is 32.3 Å². The van der Waals surface area contributed by atoms with Gasteiger partial charge in [-0.25, -0.2) is 4.39 Å². The van der Waals surface area contributed by atoms with Crippen molar-refractivity contribution in [3.8, 4) is 0 Å². The van der Waals surface area contributed by atoms with E-state index in [4.69, 9.17) is 0 Å². The minimum absolute atomic E-state index is 0.0217. The lowest BCUT2D eigenvalue weighted by molar-refractivity contribution is 0.266. The number of hydrogen-bond acceptors (Lipinski definition) is 2. The maximum absolute atomic E-state index is 13.0. The molecule has 0 spiro atoms. The summed E-state index contributed by atoms with van der Waals surface area (Å²) in [4.78, 5) is 0. The van der Waals surface area contributed by atoms with Gasteiger partial charge in [-0.1, -0.05) is 45.1 Å². The zero-order valence-corrected chi connectivity index (χ0v) is 11.2. The molecule has 0 aromatic heterocycles. The maximum atomic E-state index is 13.0. The molecule has 0 radical (unpaired) electrons. The smallest absolute Gasteiger partial charge is 0.125 e. The number of aliphatic hydroxyl groups excluding tert-OH is 1. The van der Waals surface area contributed by atoms with Crippen molar-refractivity contribution >= 4 is 5.69 Å². The molecule has 0 saturated heterocycles. The number of aliphatic hydroxyl groups is 1. The van der Waals surface area contributed by atoms with Crippen LogP contribution in [0.1, 0.15) is 45.4 Å². The van der Waals surface area contributed by atoms with Crippen LogP contribution in [0.2, 0.25) is 0 Å². The number of unbranched alkanes of at least 4 members (excludes halogenated alkanes) is 4. The predicted molar refractivity (Wildman–Crippen MR) is 74.3 cm³/mol. The summed E-state index contributed by atoms with van der Waals surface area (Å²) in [5.41, 5.74) is 0.739. The molecule has 0 amide bonds. The Labute approximate surface area is 109 Å². The molecule has 1 aromatic carbocycles. The standard InChI is InChI=1S/C15H24FNO/c1-2-3-4-5-6-9-15(12-18)17-14-10-7-8-13(16)11-14/h7-8,10-11,15,17-18H,2-6,9,12H2,1H3. The SMILES string of the molecule is CCCCCCCC(CO)Nc1cccc(F)c1. The van der Waals surface area contributed by atoms with E-state index in [-0.39, 0.29) is 18.5 Å². The van der Waals surface area contributed by atoms with Crippen LogP contribution < -0.4 is 5.32 Å². The van der Waals surface area contributed by atoms with Gasteiger partial charge in [0.05, 0.1) is 6.61 Å². The van der Waals surface area contributed by atoms with Crippen molar-refractivity contribution in [1.82, 2.24) is 0 Å². The third-order valence-electron chi connectivity index (χ3n) is 3.07. The van der Waals surface area contributed by atoms with E-state index in [9.17, 15) is 9.50 Å². The van der Waals surface area contributed by atoms with Gasteiger partial charge in [-0.2, -0.15) is 0 Å². The number of nitrogens with one attached hydrogen (secondary N) is 1. The lowest BCUT2D eigenvalue weighted by Gasteiger charge is -2.17. The summed E-state index contributed by atoms with van der Waals surface area (Å²) < 4.78 is 13.0. The third kappa shape index (κ3) is 6.01. The summed E-state index contributed by atoms with van der Waals surface area (Å²) in [6.45, 7) is 2.28. The molecule has 1 unspecified atom stereocenters. The largest absolute Gasteiger partial charge is 0.394 e. The molecule has 1 rings (SSSR count). The molecule has 0 bridgehead atoms. The zero-order valence-electron chi connectivity index (χ0n) is 11.2. The van der Waals surface area contributed by atoms with Gasteiger partial charge in [0.2, 0.25) is 0 Å². The first kappa shape index (κ1) is 15.0. The first-order valence-electron chi connectivity index (χ1n) is 6.89. The van der Waals surface area contributed by atoms with Gasteiger partial charge in [0.15, 0.2) is 0 Å². The molecule has 0 saturated carbocycles. The second kappa shape index (κ2) is 8.92. The summed E-state index contributed by atoms with van der Waals surface area (Å²) in [5.74, 6) is -0.250. The molecule has 3 heteroatoms. The van der Waals surface area contributed by atoms with Crippen molar-refractivity contribution in [3.63, 3.8) is 0 Å². The molecule has 0 fully saturated rings. The maximum Gasteiger partial charge on any atom is 0.125 e. The first-order valence-corrected chi connectivity index (χ1v) is 6.89. The van der Waals surface area contributed by atoms with Crippen LogP contribution in [0.25, 0.3) is 0 Å². The summed E-state index contributed by atoms with van der Waals surface area (Å²) >= 11 is 0. The fourth-order valence-corrected chi connectivity index (χ4v) is 2.02. The van der Waals surface area contributed by atoms with Gasteiger partial charge >= 0.3 is 0 Å². The Morgan fingerprint density at radius 2 is 2.00 bits per heavy atom. The first-order chi connectivity index (χ1) is 8.76. The van der Waals surface area contributed by atoms with Crippen LogP contribution in [-0.2, 0) is 0 Å². The van der Waals surface area contributed by atoms with Gasteiger partial charge in [-0.15, -0.1) is 0 Å². The van der Waals surface area contributed by atoms with E-state index in [1.54, 1.807) is 6.07 Å². The van der Waals surface area contributed by atoms with Crippen LogP contribution in [0.4, 0.5) is 10.1 Å². The van der Waals surface area contributed by atoms with Gasteiger partial charge in [-0.05, 0) is 24.6 Å². The Hall–Kier alpha value is -1.09. The van der Waals surface area contributed by atoms with E-state index in [1.165, 1.54) is 37.8 Å². The Bertz CT molecular complexity index is 330. The predicted octanol–water partition coefficient (Wildman–Crippen LogP) is 3.96. The van der Waals surface area contributed by atoms with E-state index in [0.717, 1.165) is 18.5 Å². The Balaban J connectivity index is 2.28. The monoisotopic (exact) mass is 253 g/mol. The molecule has 18 heavy (non-hydrogen) atoms. The molecule has 102 valence electrons. The Morgan fingerprint density at radius 1 is 1.22 bits per heavy atom. The lowest BCUT2D eigenvalue weighted by atomic mass is 10.1. The summed E-state index contributed by atoms with van der Waals surface area (Å²) in [5, 5.41) is 12.5. The van der Waals surface area contributed by atoms with Gasteiger partial charge in [0.1, 0.15) is 5.82 Å². The lowest BCUT2D eigenvalue weighted by Crippen LogP contribution is -2.23. The highest BCUT2D eigenvalue weighted by Gasteiger charge is 2.07. The van der Waals surface area contributed by atoms with E-state index in [0.29, 0.717) is 0 Å². The van der Waals surface area contributed by atoms with Gasteiger partial charge in [0.25, 0.3) is 0 Å². The average Bonchev–Trinajstić information content (AvgIpc) is 2.37. The fraction of sp³-hybridized carbons (Fsp3) is 0.600. The molecular weight excluding hydrogens is 229 g/mol. The number of rotatable bonds is 9. The molecule has 0 aliphatic rings. The Kier molecular flexibility index (Phi) is 7.42. The highest BCUT2D eigenvalue weighted by atomic mass is 19.1. The average molecular weight is 253 g/mol. The normalized spacial score (nSPS) is 12.4. The number of hydrogen-bond donors (Lipinski definition) is 2. The van der Waals surface area contributed by atoms with Crippen LogP contribution >= 0.6 is 0 Å². The molecule has 1 atom stereocenters. The van der Waals surface area contributed by atoms with Gasteiger partial charge < -0.3 is 10.4 Å². The highest BCUT2D eigenvalue weighted by molar-refractivity contribution is 5.43. The molecule has 0 aliphatic heterocycles. The fourth-order valence-electron chi connectivity index (χ4n) is 2.02. The van der Waals surface area contributed by atoms with Crippen molar-refractivity contribution in [2.75, 3.05) is 11.9 Å². The minimum atomic E-state index is -0.250. The summed E-state index contributed by atoms with van der Waals surface area (Å²) in [6, 6.07) is 6.40. The van der Waals surface area contributed by atoms with Crippen LogP contribution in [0, 0.1) is 5.82 Å². The third-order valence-corrected chi connectivity index (χ3v) is 3.07. The van der Waals surface area contributed by atoms with Crippen molar-refractivity contribution in [1.29, 1.82) is 0 Å². The van der Waals surface area contributed by atoms with Gasteiger partial charge in [-0.3, -0.25) is 0 Å². The highest BCUT2D eigenvalue weighted by Crippen LogP contribution is 2.14. The van der Waals surface area contributed by atoms with Crippen molar-refractivity contribution in [2.45, 2.75) is 51.5 Å².